The Labute approximate surface area is 127 Å². The minimum Gasteiger partial charge on any atom is -0.497 e. The van der Waals surface area contributed by atoms with Crippen molar-refractivity contribution in [3.8, 4) is 22.1 Å². The van der Waals surface area contributed by atoms with E-state index in [1.54, 1.807) is 18.4 Å². The highest BCUT2D eigenvalue weighted by atomic mass is 32.1. The molecule has 0 amide bonds. The molecule has 21 heavy (non-hydrogen) atoms. The Morgan fingerprint density at radius 2 is 1.95 bits per heavy atom. The maximum Gasteiger partial charge on any atom is 0.126 e. The van der Waals surface area contributed by atoms with Gasteiger partial charge in [-0.05, 0) is 43.3 Å². The molecule has 108 valence electrons. The summed E-state index contributed by atoms with van der Waals surface area (Å²) in [5.74, 6) is 1.63. The van der Waals surface area contributed by atoms with Crippen LogP contribution >= 0.6 is 11.3 Å². The number of hydrogen-bond acceptors (Lipinski definition) is 5. The number of methoxy groups -OCH3 is 1. The molecule has 0 aliphatic heterocycles. The first-order valence-corrected chi connectivity index (χ1v) is 7.50. The van der Waals surface area contributed by atoms with Crippen molar-refractivity contribution in [2.75, 3.05) is 19.5 Å². The number of aromatic nitrogens is 1. The molecule has 0 saturated carbocycles. The van der Waals surface area contributed by atoms with Gasteiger partial charge in [-0.25, -0.2) is 4.98 Å². The standard InChI is InChI=1S/C16H16N2O2S/c1-3-20-11-5-7-14-15(9-11)21-16(18-14)12-8-10(19-2)4-6-13(12)17/h4-9H,3,17H2,1-2H3. The molecule has 0 aliphatic rings. The van der Waals surface area contributed by atoms with E-state index >= 15 is 0 Å². The molecule has 3 rings (SSSR count). The number of thiazole rings is 1. The third kappa shape index (κ3) is 2.64. The molecule has 1 aromatic heterocycles. The van der Waals surface area contributed by atoms with E-state index in [2.05, 4.69) is 4.98 Å². The quantitative estimate of drug-likeness (QED) is 0.741. The van der Waals surface area contributed by atoms with E-state index in [-0.39, 0.29) is 0 Å². The van der Waals surface area contributed by atoms with Crippen LogP contribution in [0, 0.1) is 0 Å². The van der Waals surface area contributed by atoms with Gasteiger partial charge in [0.15, 0.2) is 0 Å². The monoisotopic (exact) mass is 300 g/mol. The molecule has 0 fully saturated rings. The molecule has 0 spiro atoms. The van der Waals surface area contributed by atoms with Crippen LogP contribution in [-0.2, 0) is 0 Å². The third-order valence-corrected chi connectivity index (χ3v) is 4.21. The van der Waals surface area contributed by atoms with Gasteiger partial charge in [0.2, 0.25) is 0 Å². The average Bonchev–Trinajstić information content (AvgIpc) is 2.91. The Morgan fingerprint density at radius 3 is 2.71 bits per heavy atom. The third-order valence-electron chi connectivity index (χ3n) is 3.16. The summed E-state index contributed by atoms with van der Waals surface area (Å²) in [5.41, 5.74) is 8.60. The fourth-order valence-electron chi connectivity index (χ4n) is 2.12. The Bertz CT molecular complexity index is 783. The van der Waals surface area contributed by atoms with Crippen LogP contribution in [0.2, 0.25) is 0 Å². The van der Waals surface area contributed by atoms with Gasteiger partial charge in [0.25, 0.3) is 0 Å². The Morgan fingerprint density at radius 1 is 1.14 bits per heavy atom. The molecule has 0 radical (unpaired) electrons. The largest absolute Gasteiger partial charge is 0.497 e. The number of benzene rings is 2. The van der Waals surface area contributed by atoms with Crippen LogP contribution < -0.4 is 15.2 Å². The average molecular weight is 300 g/mol. The molecule has 0 bridgehead atoms. The second-order valence-electron chi connectivity index (χ2n) is 4.53. The van der Waals surface area contributed by atoms with Gasteiger partial charge in [0.05, 0.1) is 23.9 Å². The Balaban J connectivity index is 2.08. The minimum absolute atomic E-state index is 0.653. The van der Waals surface area contributed by atoms with E-state index in [0.717, 1.165) is 32.3 Å². The highest BCUT2D eigenvalue weighted by Crippen LogP contribution is 2.36. The second-order valence-corrected chi connectivity index (χ2v) is 5.57. The van der Waals surface area contributed by atoms with Gasteiger partial charge in [-0.2, -0.15) is 0 Å². The summed E-state index contributed by atoms with van der Waals surface area (Å²) in [6, 6.07) is 11.5. The van der Waals surface area contributed by atoms with Crippen LogP contribution in [0.4, 0.5) is 5.69 Å². The summed E-state index contributed by atoms with van der Waals surface area (Å²) in [4.78, 5) is 4.65. The first-order valence-electron chi connectivity index (χ1n) is 6.68. The van der Waals surface area contributed by atoms with Gasteiger partial charge in [-0.15, -0.1) is 11.3 Å². The lowest BCUT2D eigenvalue weighted by atomic mass is 10.2. The molecule has 1 heterocycles. The molecule has 3 aromatic rings. The molecule has 2 aromatic carbocycles. The molecule has 0 aliphatic carbocycles. The predicted octanol–water partition coefficient (Wildman–Crippen LogP) is 3.95. The van der Waals surface area contributed by atoms with Crippen molar-refractivity contribution in [3.63, 3.8) is 0 Å². The van der Waals surface area contributed by atoms with Crippen LogP contribution in [0.25, 0.3) is 20.8 Å². The van der Waals surface area contributed by atoms with Gasteiger partial charge >= 0.3 is 0 Å². The summed E-state index contributed by atoms with van der Waals surface area (Å²) in [6.45, 7) is 2.62. The van der Waals surface area contributed by atoms with E-state index in [4.69, 9.17) is 15.2 Å². The summed E-state index contributed by atoms with van der Waals surface area (Å²) in [6.07, 6.45) is 0. The smallest absolute Gasteiger partial charge is 0.126 e. The van der Waals surface area contributed by atoms with Gasteiger partial charge < -0.3 is 15.2 Å². The van der Waals surface area contributed by atoms with Crippen LogP contribution in [0.15, 0.2) is 36.4 Å². The van der Waals surface area contributed by atoms with Gasteiger partial charge in [-0.1, -0.05) is 0 Å². The van der Waals surface area contributed by atoms with Crippen molar-refractivity contribution in [2.24, 2.45) is 0 Å². The van der Waals surface area contributed by atoms with Crippen LogP contribution in [0.1, 0.15) is 6.92 Å². The maximum atomic E-state index is 6.06. The van der Waals surface area contributed by atoms with E-state index in [1.165, 1.54) is 0 Å². The number of fused-ring (bicyclic) bond motifs is 1. The van der Waals surface area contributed by atoms with Crippen molar-refractivity contribution in [1.29, 1.82) is 0 Å². The minimum atomic E-state index is 0.653. The topological polar surface area (TPSA) is 57.4 Å². The fourth-order valence-corrected chi connectivity index (χ4v) is 3.16. The SMILES string of the molecule is CCOc1ccc2nc(-c3cc(OC)ccc3N)sc2c1. The van der Waals surface area contributed by atoms with Crippen molar-refractivity contribution < 1.29 is 9.47 Å². The fraction of sp³-hybridized carbons (Fsp3) is 0.188. The van der Waals surface area contributed by atoms with E-state index in [9.17, 15) is 0 Å². The zero-order chi connectivity index (χ0) is 14.8. The number of nitrogens with two attached hydrogens (primary N) is 1. The number of anilines is 1. The summed E-state index contributed by atoms with van der Waals surface area (Å²) < 4.78 is 11.9. The van der Waals surface area contributed by atoms with Crippen molar-refractivity contribution in [1.82, 2.24) is 4.98 Å². The van der Waals surface area contributed by atoms with Gasteiger partial charge in [0, 0.05) is 11.3 Å². The van der Waals surface area contributed by atoms with E-state index in [0.29, 0.717) is 12.3 Å². The van der Waals surface area contributed by atoms with E-state index < -0.39 is 0 Å². The lowest BCUT2D eigenvalue weighted by Crippen LogP contribution is -1.91. The number of nitrogens with zero attached hydrogens (tertiary/aromatic N) is 1. The lowest BCUT2D eigenvalue weighted by molar-refractivity contribution is 0.341. The van der Waals surface area contributed by atoms with Crippen molar-refractivity contribution in [2.45, 2.75) is 6.92 Å². The molecule has 5 heteroatoms. The Kier molecular flexibility index (Phi) is 3.66. The molecular weight excluding hydrogens is 284 g/mol. The van der Waals surface area contributed by atoms with Gasteiger partial charge in [0.1, 0.15) is 16.5 Å². The molecule has 4 nitrogen and oxygen atoms in total. The van der Waals surface area contributed by atoms with Crippen LogP contribution in [-0.4, -0.2) is 18.7 Å². The number of ether oxygens (including phenoxy) is 2. The zero-order valence-corrected chi connectivity index (χ0v) is 12.7. The first kappa shape index (κ1) is 13.7. The molecular formula is C16H16N2O2S. The first-order chi connectivity index (χ1) is 10.2. The van der Waals surface area contributed by atoms with Crippen LogP contribution in [0.5, 0.6) is 11.5 Å². The second kappa shape index (κ2) is 5.61. The number of rotatable bonds is 4. The molecule has 0 saturated heterocycles. The lowest BCUT2D eigenvalue weighted by Gasteiger charge is -2.05. The van der Waals surface area contributed by atoms with Crippen molar-refractivity contribution in [3.05, 3.63) is 36.4 Å². The highest BCUT2D eigenvalue weighted by Gasteiger charge is 2.11. The number of nitrogen functional groups attached to an aromatic ring is 1. The molecule has 0 unspecified atom stereocenters. The van der Waals surface area contributed by atoms with Crippen LogP contribution in [0.3, 0.4) is 0 Å². The molecule has 2 N–H and O–H groups in total. The summed E-state index contributed by atoms with van der Waals surface area (Å²) in [5, 5.41) is 0.884. The van der Waals surface area contributed by atoms with Gasteiger partial charge in [-0.3, -0.25) is 0 Å². The Hall–Kier alpha value is -2.27. The van der Waals surface area contributed by atoms with Crippen molar-refractivity contribution >= 4 is 27.2 Å². The summed E-state index contributed by atoms with van der Waals surface area (Å²) in [7, 11) is 1.64. The zero-order valence-electron chi connectivity index (χ0n) is 11.9. The predicted molar refractivity (Wildman–Crippen MR) is 87.2 cm³/mol. The highest BCUT2D eigenvalue weighted by molar-refractivity contribution is 7.21. The normalized spacial score (nSPS) is 10.8. The molecule has 0 atom stereocenters. The van der Waals surface area contributed by atoms with E-state index in [1.807, 2.05) is 43.3 Å². The maximum absolute atomic E-state index is 6.06. The number of hydrogen-bond donors (Lipinski definition) is 1. The summed E-state index contributed by atoms with van der Waals surface area (Å²) >= 11 is 1.60.